The van der Waals surface area contributed by atoms with Crippen LogP contribution in [-0.4, -0.2) is 41.8 Å². The van der Waals surface area contributed by atoms with Crippen molar-refractivity contribution in [2.24, 2.45) is 0 Å². The summed E-state index contributed by atoms with van der Waals surface area (Å²) in [5, 5.41) is 0.458. The van der Waals surface area contributed by atoms with Gasteiger partial charge in [-0.3, -0.25) is 4.79 Å². The minimum atomic E-state index is -2.54. The monoisotopic (exact) mass is 349 g/mol. The van der Waals surface area contributed by atoms with Gasteiger partial charge < -0.3 is 9.64 Å². The molecule has 112 valence electrons. The van der Waals surface area contributed by atoms with Crippen LogP contribution in [0.5, 0.6) is 5.75 Å². The SMILES string of the molecule is CC(C)Oc1ccc(C(=O)N(CCBr)CC(F)F)cc1. The van der Waals surface area contributed by atoms with Crippen LogP contribution < -0.4 is 4.74 Å². The molecule has 0 aliphatic carbocycles. The third-order valence-electron chi connectivity index (χ3n) is 2.47. The highest BCUT2D eigenvalue weighted by Gasteiger charge is 2.19. The molecule has 0 saturated carbocycles. The van der Waals surface area contributed by atoms with Gasteiger partial charge in [0.1, 0.15) is 5.75 Å². The van der Waals surface area contributed by atoms with Crippen LogP contribution in [0.3, 0.4) is 0 Å². The average molecular weight is 350 g/mol. The first-order chi connectivity index (χ1) is 9.43. The summed E-state index contributed by atoms with van der Waals surface area (Å²) in [7, 11) is 0. The van der Waals surface area contributed by atoms with Crippen LogP contribution in [0.25, 0.3) is 0 Å². The topological polar surface area (TPSA) is 29.5 Å². The molecule has 3 nitrogen and oxygen atoms in total. The van der Waals surface area contributed by atoms with Crippen LogP contribution in [0, 0.1) is 0 Å². The molecule has 0 spiro atoms. The van der Waals surface area contributed by atoms with E-state index in [2.05, 4.69) is 15.9 Å². The Morgan fingerprint density at radius 3 is 2.35 bits per heavy atom. The Labute approximate surface area is 126 Å². The lowest BCUT2D eigenvalue weighted by atomic mass is 10.2. The molecule has 0 aromatic heterocycles. The predicted octanol–water partition coefficient (Wildman–Crippen LogP) is 3.58. The van der Waals surface area contributed by atoms with Crippen LogP contribution in [0.1, 0.15) is 24.2 Å². The maximum atomic E-state index is 12.5. The zero-order valence-electron chi connectivity index (χ0n) is 11.5. The van der Waals surface area contributed by atoms with Crippen LogP contribution in [-0.2, 0) is 0 Å². The van der Waals surface area contributed by atoms with E-state index in [-0.39, 0.29) is 12.6 Å². The van der Waals surface area contributed by atoms with Gasteiger partial charge in [0.15, 0.2) is 0 Å². The number of carbonyl (C=O) groups excluding carboxylic acids is 1. The molecule has 0 unspecified atom stereocenters. The number of halogens is 3. The number of carbonyl (C=O) groups is 1. The number of hydrogen-bond acceptors (Lipinski definition) is 2. The fraction of sp³-hybridized carbons (Fsp3) is 0.500. The minimum absolute atomic E-state index is 0.0419. The molecule has 6 heteroatoms. The van der Waals surface area contributed by atoms with Gasteiger partial charge in [-0.05, 0) is 38.1 Å². The Balaban J connectivity index is 2.78. The second kappa shape index (κ2) is 8.19. The molecule has 1 rings (SSSR count). The molecule has 0 atom stereocenters. The summed E-state index contributed by atoms with van der Waals surface area (Å²) < 4.78 is 30.4. The Kier molecular flexibility index (Phi) is 6.91. The molecule has 0 fully saturated rings. The molecule has 0 aliphatic heterocycles. The molecular formula is C14H18BrF2NO2. The van der Waals surface area contributed by atoms with Gasteiger partial charge in [0.05, 0.1) is 12.6 Å². The third-order valence-corrected chi connectivity index (χ3v) is 2.83. The van der Waals surface area contributed by atoms with Gasteiger partial charge in [-0.2, -0.15) is 0 Å². The quantitative estimate of drug-likeness (QED) is 0.704. The highest BCUT2D eigenvalue weighted by Crippen LogP contribution is 2.15. The van der Waals surface area contributed by atoms with Crippen molar-refractivity contribution in [2.75, 3.05) is 18.4 Å². The van der Waals surface area contributed by atoms with Crippen molar-refractivity contribution in [2.45, 2.75) is 26.4 Å². The van der Waals surface area contributed by atoms with E-state index in [0.717, 1.165) is 4.90 Å². The van der Waals surface area contributed by atoms with Gasteiger partial charge >= 0.3 is 0 Å². The third kappa shape index (κ3) is 5.45. The number of amides is 1. The summed E-state index contributed by atoms with van der Waals surface area (Å²) in [5.41, 5.74) is 0.378. The van der Waals surface area contributed by atoms with E-state index in [1.807, 2.05) is 13.8 Å². The van der Waals surface area contributed by atoms with Gasteiger partial charge in [0, 0.05) is 17.4 Å². The summed E-state index contributed by atoms with van der Waals surface area (Å²) >= 11 is 3.16. The maximum Gasteiger partial charge on any atom is 0.255 e. The summed E-state index contributed by atoms with van der Waals surface area (Å²) in [6, 6.07) is 6.52. The molecule has 0 bridgehead atoms. The second-order valence-electron chi connectivity index (χ2n) is 4.52. The van der Waals surface area contributed by atoms with Crippen molar-refractivity contribution in [1.29, 1.82) is 0 Å². The fourth-order valence-corrected chi connectivity index (χ4v) is 2.10. The summed E-state index contributed by atoms with van der Waals surface area (Å²) in [5.74, 6) is 0.248. The van der Waals surface area contributed by atoms with Crippen molar-refractivity contribution < 1.29 is 18.3 Å². The number of alkyl halides is 3. The lowest BCUT2D eigenvalue weighted by molar-refractivity contribution is 0.0572. The first-order valence-corrected chi connectivity index (χ1v) is 7.46. The van der Waals surface area contributed by atoms with Crippen molar-refractivity contribution >= 4 is 21.8 Å². The smallest absolute Gasteiger partial charge is 0.255 e. The first kappa shape index (κ1) is 16.9. The Morgan fingerprint density at radius 2 is 1.90 bits per heavy atom. The van der Waals surface area contributed by atoms with E-state index in [4.69, 9.17) is 4.74 Å². The Morgan fingerprint density at radius 1 is 1.30 bits per heavy atom. The maximum absolute atomic E-state index is 12.5. The van der Waals surface area contributed by atoms with Crippen LogP contribution in [0.4, 0.5) is 8.78 Å². The van der Waals surface area contributed by atoms with E-state index in [9.17, 15) is 13.6 Å². The highest BCUT2D eigenvalue weighted by atomic mass is 79.9. The zero-order valence-corrected chi connectivity index (χ0v) is 13.1. The number of nitrogens with zero attached hydrogens (tertiary/aromatic N) is 1. The van der Waals surface area contributed by atoms with E-state index in [1.54, 1.807) is 24.3 Å². The Hall–Kier alpha value is -1.17. The summed E-state index contributed by atoms with van der Waals surface area (Å²) in [6.45, 7) is 3.49. The largest absolute Gasteiger partial charge is 0.491 e. The fourth-order valence-electron chi connectivity index (χ4n) is 1.68. The van der Waals surface area contributed by atoms with Gasteiger partial charge in [0.25, 0.3) is 12.3 Å². The van der Waals surface area contributed by atoms with Crippen LogP contribution in [0.2, 0.25) is 0 Å². The van der Waals surface area contributed by atoms with Crippen LogP contribution in [0.15, 0.2) is 24.3 Å². The van der Waals surface area contributed by atoms with Gasteiger partial charge in [-0.1, -0.05) is 15.9 Å². The zero-order chi connectivity index (χ0) is 15.1. The minimum Gasteiger partial charge on any atom is -0.491 e. The molecule has 20 heavy (non-hydrogen) atoms. The normalized spacial score (nSPS) is 10.9. The summed E-state index contributed by atoms with van der Waals surface area (Å²) in [6.07, 6.45) is -2.50. The number of rotatable bonds is 7. The molecular weight excluding hydrogens is 332 g/mol. The number of ether oxygens (including phenoxy) is 1. The van der Waals surface area contributed by atoms with Gasteiger partial charge in [-0.15, -0.1) is 0 Å². The Bertz CT molecular complexity index is 424. The standard InChI is InChI=1S/C14H18BrF2NO2/c1-10(2)20-12-5-3-11(4-6-12)14(19)18(8-7-15)9-13(16)17/h3-6,10,13H,7-9H2,1-2H3. The lowest BCUT2D eigenvalue weighted by Crippen LogP contribution is -2.36. The lowest BCUT2D eigenvalue weighted by Gasteiger charge is -2.21. The van der Waals surface area contributed by atoms with Crippen molar-refractivity contribution in [3.8, 4) is 5.75 Å². The first-order valence-electron chi connectivity index (χ1n) is 6.34. The molecule has 0 N–H and O–H groups in total. The van der Waals surface area contributed by atoms with E-state index < -0.39 is 18.9 Å². The summed E-state index contributed by atoms with van der Waals surface area (Å²) in [4.78, 5) is 13.3. The molecule has 0 saturated heterocycles. The molecule has 0 heterocycles. The number of hydrogen-bond donors (Lipinski definition) is 0. The average Bonchev–Trinajstić information content (AvgIpc) is 2.37. The number of benzene rings is 1. The molecule has 1 aromatic rings. The molecule has 1 aromatic carbocycles. The van der Waals surface area contributed by atoms with Crippen molar-refractivity contribution in [3.63, 3.8) is 0 Å². The second-order valence-corrected chi connectivity index (χ2v) is 5.32. The van der Waals surface area contributed by atoms with Crippen molar-refractivity contribution in [3.05, 3.63) is 29.8 Å². The predicted molar refractivity (Wildman–Crippen MR) is 77.9 cm³/mol. The highest BCUT2D eigenvalue weighted by molar-refractivity contribution is 9.09. The van der Waals surface area contributed by atoms with E-state index >= 15 is 0 Å². The van der Waals surface area contributed by atoms with Crippen molar-refractivity contribution in [1.82, 2.24) is 4.90 Å². The molecule has 1 amide bonds. The molecule has 0 radical (unpaired) electrons. The van der Waals surface area contributed by atoms with E-state index in [0.29, 0.717) is 16.6 Å². The van der Waals surface area contributed by atoms with E-state index in [1.165, 1.54) is 0 Å². The van der Waals surface area contributed by atoms with Crippen LogP contribution >= 0.6 is 15.9 Å². The molecule has 0 aliphatic rings. The van der Waals surface area contributed by atoms with Gasteiger partial charge in [0.2, 0.25) is 0 Å². The van der Waals surface area contributed by atoms with Gasteiger partial charge in [-0.25, -0.2) is 8.78 Å².